The quantitative estimate of drug-likeness (QED) is 0.645. The molecule has 5 heteroatoms. The monoisotopic (exact) mass is 312 g/mol. The highest BCUT2D eigenvalue weighted by Gasteiger charge is 2.10. The summed E-state index contributed by atoms with van der Waals surface area (Å²) < 4.78 is 11.0. The Morgan fingerprint density at radius 2 is 1.77 bits per heavy atom. The van der Waals surface area contributed by atoms with Gasteiger partial charge in [-0.3, -0.25) is 0 Å². The van der Waals surface area contributed by atoms with Gasteiger partial charge in [0.1, 0.15) is 5.75 Å². The van der Waals surface area contributed by atoms with Crippen molar-refractivity contribution in [3.63, 3.8) is 0 Å². The predicted octanol–water partition coefficient (Wildman–Crippen LogP) is 3.96. The molecule has 0 fully saturated rings. The number of ether oxygens (including phenoxy) is 1. The van der Waals surface area contributed by atoms with E-state index in [1.165, 1.54) is 5.56 Å². The van der Waals surface area contributed by atoms with E-state index in [0.29, 0.717) is 17.5 Å². The fourth-order valence-corrected chi connectivity index (χ4v) is 2.84. The van der Waals surface area contributed by atoms with Gasteiger partial charge < -0.3 is 9.15 Å². The summed E-state index contributed by atoms with van der Waals surface area (Å²) in [5.74, 6) is 2.25. The molecule has 0 N–H and O–H groups in total. The van der Waals surface area contributed by atoms with E-state index in [4.69, 9.17) is 9.15 Å². The van der Waals surface area contributed by atoms with Gasteiger partial charge in [0.15, 0.2) is 0 Å². The number of hydrogen-bond donors (Lipinski definition) is 0. The van der Waals surface area contributed by atoms with Crippen LogP contribution in [0.25, 0.3) is 0 Å². The number of hydrogen-bond acceptors (Lipinski definition) is 5. The largest absolute Gasteiger partial charge is 0.496 e. The molecular formula is C17H16N2O2S. The molecule has 0 aliphatic carbocycles. The van der Waals surface area contributed by atoms with Crippen LogP contribution in [0, 0.1) is 0 Å². The number of aromatic nitrogens is 2. The van der Waals surface area contributed by atoms with Gasteiger partial charge in [-0.05, 0) is 11.6 Å². The maximum Gasteiger partial charge on any atom is 0.276 e. The van der Waals surface area contributed by atoms with Crippen molar-refractivity contribution in [1.29, 1.82) is 0 Å². The van der Waals surface area contributed by atoms with Crippen LogP contribution in [0.1, 0.15) is 17.0 Å². The maximum atomic E-state index is 5.69. The average Bonchev–Trinajstić information content (AvgIpc) is 3.02. The van der Waals surface area contributed by atoms with Crippen molar-refractivity contribution in [3.8, 4) is 5.75 Å². The highest BCUT2D eigenvalue weighted by Crippen LogP contribution is 2.24. The van der Waals surface area contributed by atoms with Crippen molar-refractivity contribution in [2.75, 3.05) is 7.11 Å². The zero-order chi connectivity index (χ0) is 15.2. The molecule has 1 aromatic heterocycles. The van der Waals surface area contributed by atoms with Gasteiger partial charge in [-0.2, -0.15) is 0 Å². The summed E-state index contributed by atoms with van der Waals surface area (Å²) in [6, 6.07) is 18.1. The van der Waals surface area contributed by atoms with Crippen LogP contribution >= 0.6 is 11.8 Å². The van der Waals surface area contributed by atoms with Crippen LogP contribution in [0.3, 0.4) is 0 Å². The Hall–Kier alpha value is -2.27. The predicted molar refractivity (Wildman–Crippen MR) is 86.1 cm³/mol. The highest BCUT2D eigenvalue weighted by molar-refractivity contribution is 7.98. The van der Waals surface area contributed by atoms with Gasteiger partial charge >= 0.3 is 0 Å². The lowest BCUT2D eigenvalue weighted by Gasteiger charge is -2.05. The molecule has 3 aromatic rings. The van der Waals surface area contributed by atoms with Gasteiger partial charge in [0.25, 0.3) is 5.22 Å². The number of nitrogens with zero attached hydrogens (tertiary/aromatic N) is 2. The van der Waals surface area contributed by atoms with Gasteiger partial charge in [0.2, 0.25) is 5.89 Å². The fourth-order valence-electron chi connectivity index (χ4n) is 2.10. The third kappa shape index (κ3) is 3.68. The minimum atomic E-state index is 0.572. The first kappa shape index (κ1) is 14.7. The molecule has 4 nitrogen and oxygen atoms in total. The Kier molecular flexibility index (Phi) is 4.75. The SMILES string of the molecule is COc1ccccc1Cc1nnc(SCc2ccccc2)o1. The van der Waals surface area contributed by atoms with Crippen molar-refractivity contribution < 1.29 is 9.15 Å². The van der Waals surface area contributed by atoms with E-state index in [-0.39, 0.29) is 0 Å². The summed E-state index contributed by atoms with van der Waals surface area (Å²) in [7, 11) is 1.66. The Morgan fingerprint density at radius 1 is 1.00 bits per heavy atom. The van der Waals surface area contributed by atoms with E-state index < -0.39 is 0 Å². The standard InChI is InChI=1S/C17H16N2O2S/c1-20-15-10-6-5-9-14(15)11-16-18-19-17(21-16)22-12-13-7-3-2-4-8-13/h2-10H,11-12H2,1H3. The smallest absolute Gasteiger partial charge is 0.276 e. The van der Waals surface area contributed by atoms with Crippen molar-refractivity contribution in [1.82, 2.24) is 10.2 Å². The molecule has 0 amide bonds. The second-order valence-electron chi connectivity index (χ2n) is 4.72. The molecule has 22 heavy (non-hydrogen) atoms. The number of para-hydroxylation sites is 1. The molecule has 112 valence electrons. The van der Waals surface area contributed by atoms with E-state index in [0.717, 1.165) is 17.1 Å². The molecule has 0 atom stereocenters. The molecule has 0 saturated heterocycles. The van der Waals surface area contributed by atoms with Gasteiger partial charge in [0.05, 0.1) is 13.5 Å². The highest BCUT2D eigenvalue weighted by atomic mass is 32.2. The van der Waals surface area contributed by atoms with Gasteiger partial charge in [0, 0.05) is 11.3 Å². The average molecular weight is 312 g/mol. The van der Waals surface area contributed by atoms with E-state index >= 15 is 0 Å². The molecular weight excluding hydrogens is 296 g/mol. The molecule has 3 rings (SSSR count). The van der Waals surface area contributed by atoms with Crippen molar-refractivity contribution >= 4 is 11.8 Å². The molecule has 0 saturated carbocycles. The van der Waals surface area contributed by atoms with Crippen LogP contribution in [-0.2, 0) is 12.2 Å². The van der Waals surface area contributed by atoms with Gasteiger partial charge in [-0.15, -0.1) is 10.2 Å². The second kappa shape index (κ2) is 7.13. The maximum absolute atomic E-state index is 5.69. The Morgan fingerprint density at radius 3 is 2.59 bits per heavy atom. The Balaban J connectivity index is 1.64. The molecule has 0 radical (unpaired) electrons. The molecule has 0 bridgehead atoms. The van der Waals surface area contributed by atoms with Crippen LogP contribution in [0.15, 0.2) is 64.2 Å². The van der Waals surface area contributed by atoms with E-state index in [2.05, 4.69) is 22.3 Å². The summed E-state index contributed by atoms with van der Waals surface area (Å²) in [5, 5.41) is 8.79. The van der Waals surface area contributed by atoms with Gasteiger partial charge in [-0.25, -0.2) is 0 Å². The molecule has 0 aliphatic rings. The zero-order valence-corrected chi connectivity index (χ0v) is 13.0. The Labute approximate surface area is 133 Å². The summed E-state index contributed by atoms with van der Waals surface area (Å²) >= 11 is 1.54. The second-order valence-corrected chi connectivity index (χ2v) is 5.65. The van der Waals surface area contributed by atoms with E-state index in [9.17, 15) is 0 Å². The lowest BCUT2D eigenvalue weighted by atomic mass is 10.1. The minimum Gasteiger partial charge on any atom is -0.496 e. The third-order valence-electron chi connectivity index (χ3n) is 3.19. The summed E-state index contributed by atoms with van der Waals surface area (Å²) in [6.45, 7) is 0. The van der Waals surface area contributed by atoms with Crippen molar-refractivity contribution in [2.24, 2.45) is 0 Å². The van der Waals surface area contributed by atoms with Crippen LogP contribution in [0.4, 0.5) is 0 Å². The minimum absolute atomic E-state index is 0.572. The zero-order valence-electron chi connectivity index (χ0n) is 12.2. The topological polar surface area (TPSA) is 48.2 Å². The molecule has 0 unspecified atom stereocenters. The fraction of sp³-hybridized carbons (Fsp3) is 0.176. The number of thioether (sulfide) groups is 1. The van der Waals surface area contributed by atoms with E-state index in [1.54, 1.807) is 18.9 Å². The first-order valence-electron chi connectivity index (χ1n) is 6.96. The van der Waals surface area contributed by atoms with Crippen LogP contribution in [-0.4, -0.2) is 17.3 Å². The molecule has 0 aliphatic heterocycles. The molecule has 1 heterocycles. The van der Waals surface area contributed by atoms with Crippen LogP contribution in [0.5, 0.6) is 5.75 Å². The van der Waals surface area contributed by atoms with Crippen molar-refractivity contribution in [2.45, 2.75) is 17.4 Å². The lowest BCUT2D eigenvalue weighted by molar-refractivity contribution is 0.400. The first-order valence-corrected chi connectivity index (χ1v) is 7.94. The summed E-state index contributed by atoms with van der Waals surface area (Å²) in [4.78, 5) is 0. The van der Waals surface area contributed by atoms with E-state index in [1.807, 2.05) is 42.5 Å². The third-order valence-corrected chi connectivity index (χ3v) is 4.08. The van der Waals surface area contributed by atoms with Gasteiger partial charge in [-0.1, -0.05) is 60.3 Å². The van der Waals surface area contributed by atoms with Crippen molar-refractivity contribution in [3.05, 3.63) is 71.6 Å². The Bertz CT molecular complexity index is 728. The number of methoxy groups -OCH3 is 1. The number of benzene rings is 2. The van der Waals surface area contributed by atoms with Crippen LogP contribution in [0.2, 0.25) is 0 Å². The molecule has 0 spiro atoms. The summed E-state index contributed by atoms with van der Waals surface area (Å²) in [6.07, 6.45) is 0.572. The molecule has 2 aromatic carbocycles. The number of rotatable bonds is 6. The first-order chi connectivity index (χ1) is 10.8. The van der Waals surface area contributed by atoms with Crippen LogP contribution < -0.4 is 4.74 Å². The summed E-state index contributed by atoms with van der Waals surface area (Å²) in [5.41, 5.74) is 2.27. The normalized spacial score (nSPS) is 10.6. The lowest BCUT2D eigenvalue weighted by Crippen LogP contribution is -1.93.